The van der Waals surface area contributed by atoms with Crippen LogP contribution in [-0.4, -0.2) is 23.6 Å². The van der Waals surface area contributed by atoms with Crippen molar-refractivity contribution in [1.82, 2.24) is 9.97 Å². The van der Waals surface area contributed by atoms with Crippen LogP contribution in [-0.2, 0) is 11.3 Å². The molecule has 0 aliphatic heterocycles. The van der Waals surface area contributed by atoms with Crippen molar-refractivity contribution < 1.29 is 4.74 Å². The van der Waals surface area contributed by atoms with Crippen LogP contribution in [0, 0.1) is 6.92 Å². The molecule has 0 fully saturated rings. The number of nitrogens with one attached hydrogen (secondary N) is 1. The second-order valence-electron chi connectivity index (χ2n) is 4.31. The Balaban J connectivity index is 2.38. The number of anilines is 1. The maximum atomic E-state index is 5.38. The smallest absolute Gasteiger partial charge is 0.157 e. The molecule has 1 heterocycles. The SMILES string of the molecule is CCOCc1nc(NC)cc(-c2cccc(C)c2)n1. The first-order valence-electron chi connectivity index (χ1n) is 6.43. The molecule has 0 atom stereocenters. The summed E-state index contributed by atoms with van der Waals surface area (Å²) in [5, 5.41) is 3.06. The van der Waals surface area contributed by atoms with Gasteiger partial charge in [-0.05, 0) is 19.9 Å². The summed E-state index contributed by atoms with van der Waals surface area (Å²) in [4.78, 5) is 8.94. The van der Waals surface area contributed by atoms with Crippen molar-refractivity contribution in [2.45, 2.75) is 20.5 Å². The summed E-state index contributed by atoms with van der Waals surface area (Å²) in [6.07, 6.45) is 0. The van der Waals surface area contributed by atoms with Gasteiger partial charge in [0, 0.05) is 25.3 Å². The average molecular weight is 257 g/mol. The Labute approximate surface area is 113 Å². The molecular formula is C15H19N3O. The number of hydrogen-bond acceptors (Lipinski definition) is 4. The monoisotopic (exact) mass is 257 g/mol. The second kappa shape index (κ2) is 6.29. The molecule has 1 aromatic heterocycles. The zero-order chi connectivity index (χ0) is 13.7. The third-order valence-electron chi connectivity index (χ3n) is 2.78. The van der Waals surface area contributed by atoms with Crippen LogP contribution in [0.5, 0.6) is 0 Å². The number of rotatable bonds is 5. The molecule has 4 nitrogen and oxygen atoms in total. The quantitative estimate of drug-likeness (QED) is 0.894. The zero-order valence-corrected chi connectivity index (χ0v) is 11.6. The maximum Gasteiger partial charge on any atom is 0.157 e. The molecule has 0 radical (unpaired) electrons. The Morgan fingerprint density at radius 3 is 2.74 bits per heavy atom. The molecule has 4 heteroatoms. The molecule has 0 saturated heterocycles. The van der Waals surface area contributed by atoms with Gasteiger partial charge in [-0.25, -0.2) is 9.97 Å². The van der Waals surface area contributed by atoms with Gasteiger partial charge >= 0.3 is 0 Å². The van der Waals surface area contributed by atoms with Crippen molar-refractivity contribution in [3.8, 4) is 11.3 Å². The topological polar surface area (TPSA) is 47.0 Å². The Morgan fingerprint density at radius 2 is 2.05 bits per heavy atom. The molecule has 2 aromatic rings. The third kappa shape index (κ3) is 3.51. The highest BCUT2D eigenvalue weighted by Gasteiger charge is 2.06. The first-order chi connectivity index (χ1) is 9.22. The molecule has 0 saturated carbocycles. The van der Waals surface area contributed by atoms with Crippen LogP contribution in [0.3, 0.4) is 0 Å². The number of aromatic nitrogens is 2. The van der Waals surface area contributed by atoms with E-state index >= 15 is 0 Å². The Morgan fingerprint density at radius 1 is 1.21 bits per heavy atom. The highest BCUT2D eigenvalue weighted by molar-refractivity contribution is 5.63. The summed E-state index contributed by atoms with van der Waals surface area (Å²) in [7, 11) is 1.85. The van der Waals surface area contributed by atoms with E-state index in [4.69, 9.17) is 4.74 Å². The Hall–Kier alpha value is -1.94. The highest BCUT2D eigenvalue weighted by atomic mass is 16.5. The first kappa shape index (κ1) is 13.5. The van der Waals surface area contributed by atoms with Gasteiger partial charge < -0.3 is 10.1 Å². The third-order valence-corrected chi connectivity index (χ3v) is 2.78. The lowest BCUT2D eigenvalue weighted by Crippen LogP contribution is -2.04. The van der Waals surface area contributed by atoms with Gasteiger partial charge in [0.2, 0.25) is 0 Å². The number of ether oxygens (including phenoxy) is 1. The lowest BCUT2D eigenvalue weighted by atomic mass is 10.1. The molecule has 100 valence electrons. The van der Waals surface area contributed by atoms with E-state index in [0.29, 0.717) is 19.0 Å². The van der Waals surface area contributed by atoms with Gasteiger partial charge in [-0.3, -0.25) is 0 Å². The van der Waals surface area contributed by atoms with Gasteiger partial charge in [0.25, 0.3) is 0 Å². The van der Waals surface area contributed by atoms with Crippen molar-refractivity contribution in [2.24, 2.45) is 0 Å². The molecule has 0 spiro atoms. The van der Waals surface area contributed by atoms with Crippen molar-refractivity contribution >= 4 is 5.82 Å². The van der Waals surface area contributed by atoms with Gasteiger partial charge in [-0.1, -0.05) is 23.8 Å². The fraction of sp³-hybridized carbons (Fsp3) is 0.333. The minimum atomic E-state index is 0.435. The minimum Gasteiger partial charge on any atom is -0.374 e. The van der Waals surface area contributed by atoms with E-state index in [1.54, 1.807) is 0 Å². The van der Waals surface area contributed by atoms with Crippen LogP contribution in [0.4, 0.5) is 5.82 Å². The van der Waals surface area contributed by atoms with Gasteiger partial charge in [0.05, 0.1) is 5.69 Å². The summed E-state index contributed by atoms with van der Waals surface area (Å²) in [6.45, 7) is 5.13. The molecule has 2 rings (SSSR count). The van der Waals surface area contributed by atoms with Gasteiger partial charge in [0.15, 0.2) is 5.82 Å². The summed E-state index contributed by atoms with van der Waals surface area (Å²) >= 11 is 0. The van der Waals surface area contributed by atoms with Crippen LogP contribution >= 0.6 is 0 Å². The van der Waals surface area contributed by atoms with E-state index in [9.17, 15) is 0 Å². The predicted octanol–water partition coefficient (Wildman–Crippen LogP) is 3.03. The van der Waals surface area contributed by atoms with E-state index in [2.05, 4.69) is 40.4 Å². The number of hydrogen-bond donors (Lipinski definition) is 1. The van der Waals surface area contributed by atoms with E-state index in [0.717, 1.165) is 17.1 Å². The number of nitrogens with zero attached hydrogens (tertiary/aromatic N) is 2. The van der Waals surface area contributed by atoms with E-state index in [-0.39, 0.29) is 0 Å². The normalized spacial score (nSPS) is 10.5. The van der Waals surface area contributed by atoms with Crippen LogP contribution < -0.4 is 5.32 Å². The second-order valence-corrected chi connectivity index (χ2v) is 4.31. The zero-order valence-electron chi connectivity index (χ0n) is 11.6. The summed E-state index contributed by atoms with van der Waals surface area (Å²) in [5.41, 5.74) is 3.22. The van der Waals surface area contributed by atoms with Gasteiger partial charge in [-0.2, -0.15) is 0 Å². The van der Waals surface area contributed by atoms with Crippen LogP contribution in [0.2, 0.25) is 0 Å². The average Bonchev–Trinajstić information content (AvgIpc) is 2.44. The summed E-state index contributed by atoms with van der Waals surface area (Å²) in [5.74, 6) is 1.51. The largest absolute Gasteiger partial charge is 0.374 e. The Kier molecular flexibility index (Phi) is 4.47. The lowest BCUT2D eigenvalue weighted by molar-refractivity contribution is 0.128. The van der Waals surface area contributed by atoms with Gasteiger partial charge in [0.1, 0.15) is 12.4 Å². The molecule has 0 amide bonds. The van der Waals surface area contributed by atoms with Crippen LogP contribution in [0.25, 0.3) is 11.3 Å². The molecule has 0 aliphatic carbocycles. The highest BCUT2D eigenvalue weighted by Crippen LogP contribution is 2.21. The molecular weight excluding hydrogens is 238 g/mol. The van der Waals surface area contributed by atoms with Crippen LogP contribution in [0.1, 0.15) is 18.3 Å². The number of benzene rings is 1. The molecule has 0 bridgehead atoms. The van der Waals surface area contributed by atoms with Crippen molar-refractivity contribution in [2.75, 3.05) is 19.0 Å². The fourth-order valence-corrected chi connectivity index (χ4v) is 1.84. The van der Waals surface area contributed by atoms with Crippen molar-refractivity contribution in [1.29, 1.82) is 0 Å². The first-order valence-corrected chi connectivity index (χ1v) is 6.43. The molecule has 1 aromatic carbocycles. The summed E-state index contributed by atoms with van der Waals surface area (Å²) in [6, 6.07) is 10.2. The van der Waals surface area contributed by atoms with E-state index < -0.39 is 0 Å². The minimum absolute atomic E-state index is 0.435. The molecule has 19 heavy (non-hydrogen) atoms. The fourth-order valence-electron chi connectivity index (χ4n) is 1.84. The van der Waals surface area contributed by atoms with E-state index in [1.165, 1.54) is 5.56 Å². The predicted molar refractivity (Wildman–Crippen MR) is 77.1 cm³/mol. The Bertz CT molecular complexity index is 555. The van der Waals surface area contributed by atoms with Crippen molar-refractivity contribution in [3.05, 3.63) is 41.7 Å². The van der Waals surface area contributed by atoms with Gasteiger partial charge in [-0.15, -0.1) is 0 Å². The summed E-state index contributed by atoms with van der Waals surface area (Å²) < 4.78 is 5.38. The molecule has 0 aliphatic rings. The standard InChI is InChI=1S/C15H19N3O/c1-4-19-10-15-17-13(9-14(16-3)18-15)12-7-5-6-11(2)8-12/h5-9H,4,10H2,1-3H3,(H,16,17,18). The van der Waals surface area contributed by atoms with Crippen molar-refractivity contribution in [3.63, 3.8) is 0 Å². The molecule has 0 unspecified atom stereocenters. The maximum absolute atomic E-state index is 5.38. The lowest BCUT2D eigenvalue weighted by Gasteiger charge is -2.08. The van der Waals surface area contributed by atoms with E-state index in [1.807, 2.05) is 26.1 Å². The number of aryl methyl sites for hydroxylation is 1. The van der Waals surface area contributed by atoms with Crippen LogP contribution in [0.15, 0.2) is 30.3 Å². The molecule has 1 N–H and O–H groups in total.